The maximum Gasteiger partial charge on any atom is 0.252 e. The summed E-state index contributed by atoms with van der Waals surface area (Å²) in [7, 11) is 0. The number of anilines is 7. The standard InChI is InChI=1S/C49H50BN3/c1-45(2)32-17-7-9-23-38(32)51(39-24-10-8-18-33(39)45)31-29-40-42-41(30-31)53-44-35(47(4)26-12-14-28-49(47,53)6)20-16-22-37(44)50(42)36-21-15-19-34-43(36)52(40)48(5)27-13-11-25-46(34,48)3/h7-10,15-24,29-30H,11-14,25-28H2,1-6H3. The van der Waals surface area contributed by atoms with Gasteiger partial charge in [0, 0.05) is 39.0 Å². The minimum absolute atomic E-state index is 0.00283. The summed E-state index contributed by atoms with van der Waals surface area (Å²) >= 11 is 0. The largest absolute Gasteiger partial charge is 0.335 e. The minimum Gasteiger partial charge on any atom is -0.335 e. The number of rotatable bonds is 1. The molecule has 2 fully saturated rings. The molecule has 0 aromatic heterocycles. The number of benzene rings is 5. The molecule has 53 heavy (non-hydrogen) atoms. The zero-order valence-electron chi connectivity index (χ0n) is 32.3. The number of fused-ring (bicyclic) bond motifs is 12. The molecule has 4 atom stereocenters. The van der Waals surface area contributed by atoms with E-state index in [1.165, 1.54) is 119 Å². The van der Waals surface area contributed by atoms with E-state index in [2.05, 4.69) is 153 Å². The predicted octanol–water partition coefficient (Wildman–Crippen LogP) is 10.4. The first-order chi connectivity index (χ1) is 25.5. The van der Waals surface area contributed by atoms with Crippen LogP contribution in [0.25, 0.3) is 0 Å². The summed E-state index contributed by atoms with van der Waals surface area (Å²) in [6.07, 6.45) is 10.1. The summed E-state index contributed by atoms with van der Waals surface area (Å²) in [5.41, 5.74) is 20.4. The Morgan fingerprint density at radius 2 is 0.906 bits per heavy atom. The van der Waals surface area contributed by atoms with Crippen molar-refractivity contribution in [3.63, 3.8) is 0 Å². The molecule has 3 nitrogen and oxygen atoms in total. The highest BCUT2D eigenvalue weighted by atomic mass is 15.3. The second-order valence-electron chi connectivity index (χ2n) is 19.1. The molecule has 5 aromatic rings. The fourth-order valence-electron chi connectivity index (χ4n) is 13.6. The molecular weight excluding hydrogens is 641 g/mol. The lowest BCUT2D eigenvalue weighted by molar-refractivity contribution is 0.194. The average molecular weight is 692 g/mol. The third-order valence-electron chi connectivity index (χ3n) is 16.7. The van der Waals surface area contributed by atoms with Crippen LogP contribution in [0.2, 0.25) is 0 Å². The number of para-hydroxylation sites is 4. The van der Waals surface area contributed by atoms with E-state index in [4.69, 9.17) is 0 Å². The third kappa shape index (κ3) is 3.28. The Balaban J connectivity index is 1.23. The fraction of sp³-hybridized carbons (Fsp3) is 0.388. The van der Waals surface area contributed by atoms with E-state index in [1.54, 1.807) is 11.1 Å². The van der Waals surface area contributed by atoms with Gasteiger partial charge in [-0.1, -0.05) is 126 Å². The Kier molecular flexibility index (Phi) is 5.62. The molecule has 5 aromatic carbocycles. The molecule has 12 rings (SSSR count). The van der Waals surface area contributed by atoms with Gasteiger partial charge in [0.15, 0.2) is 0 Å². The number of hydrogen-bond acceptors (Lipinski definition) is 3. The normalized spacial score (nSPS) is 30.2. The van der Waals surface area contributed by atoms with Gasteiger partial charge < -0.3 is 14.7 Å². The van der Waals surface area contributed by atoms with Gasteiger partial charge in [0.1, 0.15) is 0 Å². The maximum atomic E-state index is 2.91. The van der Waals surface area contributed by atoms with Crippen LogP contribution in [-0.2, 0) is 16.2 Å². The first-order valence-electron chi connectivity index (χ1n) is 20.6. The molecule has 0 amide bonds. The highest BCUT2D eigenvalue weighted by Gasteiger charge is 2.64. The molecular formula is C49H50BN3. The van der Waals surface area contributed by atoms with Crippen molar-refractivity contribution in [2.75, 3.05) is 14.7 Å². The highest BCUT2D eigenvalue weighted by molar-refractivity contribution is 7.00. The van der Waals surface area contributed by atoms with Gasteiger partial charge in [0.2, 0.25) is 0 Å². The lowest BCUT2D eigenvalue weighted by Gasteiger charge is -2.55. The van der Waals surface area contributed by atoms with Gasteiger partial charge in [-0.3, -0.25) is 0 Å². The van der Waals surface area contributed by atoms with Crippen molar-refractivity contribution in [3.8, 4) is 0 Å². The summed E-state index contributed by atoms with van der Waals surface area (Å²) in [6, 6.07) is 38.5. The summed E-state index contributed by atoms with van der Waals surface area (Å²) in [5.74, 6) is 0. The van der Waals surface area contributed by atoms with Gasteiger partial charge in [-0.25, -0.2) is 0 Å². The van der Waals surface area contributed by atoms with Crippen LogP contribution in [0.5, 0.6) is 0 Å². The first kappa shape index (κ1) is 31.0. The molecule has 5 aliphatic heterocycles. The molecule has 7 aliphatic rings. The second kappa shape index (κ2) is 9.62. The van der Waals surface area contributed by atoms with E-state index in [1.807, 2.05) is 0 Å². The van der Waals surface area contributed by atoms with Crippen molar-refractivity contribution in [2.24, 2.45) is 0 Å². The van der Waals surface area contributed by atoms with Gasteiger partial charge in [0.25, 0.3) is 6.71 Å². The van der Waals surface area contributed by atoms with E-state index in [0.29, 0.717) is 0 Å². The van der Waals surface area contributed by atoms with Crippen LogP contribution in [0.3, 0.4) is 0 Å². The van der Waals surface area contributed by atoms with Crippen molar-refractivity contribution in [1.82, 2.24) is 0 Å². The quantitative estimate of drug-likeness (QED) is 0.162. The lowest BCUT2D eigenvalue weighted by atomic mass is 9.33. The van der Waals surface area contributed by atoms with Crippen molar-refractivity contribution < 1.29 is 0 Å². The molecule has 2 saturated carbocycles. The van der Waals surface area contributed by atoms with Crippen LogP contribution in [0.15, 0.2) is 97.1 Å². The Labute approximate surface area is 316 Å². The second-order valence-corrected chi connectivity index (χ2v) is 19.1. The van der Waals surface area contributed by atoms with Gasteiger partial charge in [-0.15, -0.1) is 0 Å². The first-order valence-corrected chi connectivity index (χ1v) is 20.6. The maximum absolute atomic E-state index is 2.91. The fourth-order valence-corrected chi connectivity index (χ4v) is 13.6. The zero-order valence-corrected chi connectivity index (χ0v) is 32.3. The van der Waals surface area contributed by atoms with Gasteiger partial charge in [-0.2, -0.15) is 0 Å². The summed E-state index contributed by atoms with van der Waals surface area (Å²) in [5, 5.41) is 0. The van der Waals surface area contributed by atoms with Crippen molar-refractivity contribution in [1.29, 1.82) is 0 Å². The Bertz CT molecular complexity index is 2300. The van der Waals surface area contributed by atoms with E-state index < -0.39 is 0 Å². The Hall–Kier alpha value is -4.44. The van der Waals surface area contributed by atoms with Gasteiger partial charge in [-0.05, 0) is 102 Å². The molecule has 2 aliphatic carbocycles. The van der Waals surface area contributed by atoms with Crippen LogP contribution in [-0.4, -0.2) is 17.8 Å². The van der Waals surface area contributed by atoms with Gasteiger partial charge >= 0.3 is 0 Å². The van der Waals surface area contributed by atoms with Crippen LogP contribution in [0.1, 0.15) is 115 Å². The number of nitrogens with zero attached hydrogens (tertiary/aromatic N) is 3. The lowest BCUT2D eigenvalue weighted by Crippen LogP contribution is -2.66. The molecule has 0 bridgehead atoms. The molecule has 4 heteroatoms. The summed E-state index contributed by atoms with van der Waals surface area (Å²) in [6.45, 7) is 15.5. The average Bonchev–Trinajstić information content (AvgIpc) is 3.51. The van der Waals surface area contributed by atoms with Crippen molar-refractivity contribution in [3.05, 3.63) is 119 Å². The van der Waals surface area contributed by atoms with Crippen LogP contribution in [0, 0.1) is 0 Å². The molecule has 0 spiro atoms. The van der Waals surface area contributed by atoms with E-state index >= 15 is 0 Å². The highest BCUT2D eigenvalue weighted by Crippen LogP contribution is 2.65. The van der Waals surface area contributed by atoms with E-state index in [9.17, 15) is 0 Å². The molecule has 0 saturated heterocycles. The van der Waals surface area contributed by atoms with Gasteiger partial charge in [0.05, 0.1) is 28.1 Å². The summed E-state index contributed by atoms with van der Waals surface area (Å²) in [4.78, 5) is 8.45. The van der Waals surface area contributed by atoms with E-state index in [0.717, 1.165) is 0 Å². The van der Waals surface area contributed by atoms with Crippen LogP contribution < -0.4 is 31.1 Å². The molecule has 264 valence electrons. The topological polar surface area (TPSA) is 9.72 Å². The molecule has 5 heterocycles. The monoisotopic (exact) mass is 691 g/mol. The summed E-state index contributed by atoms with van der Waals surface area (Å²) < 4.78 is 0. The number of hydrogen-bond donors (Lipinski definition) is 0. The van der Waals surface area contributed by atoms with Crippen LogP contribution in [0.4, 0.5) is 39.8 Å². The zero-order chi connectivity index (χ0) is 35.9. The minimum atomic E-state index is -0.0996. The Morgan fingerprint density at radius 1 is 0.472 bits per heavy atom. The van der Waals surface area contributed by atoms with Crippen molar-refractivity contribution >= 4 is 62.9 Å². The predicted molar refractivity (Wildman–Crippen MR) is 224 cm³/mol. The van der Waals surface area contributed by atoms with Crippen LogP contribution >= 0.6 is 0 Å². The van der Waals surface area contributed by atoms with E-state index in [-0.39, 0.29) is 34.0 Å². The Morgan fingerprint density at radius 3 is 1.40 bits per heavy atom. The molecule has 4 unspecified atom stereocenters. The SMILES string of the molecule is CC1(C)c2ccccc2N(c2cc3c4c(c2)N2c5c(cccc5C5(C)CCCCC25C)B4c2cccc4c2N3C2(C)CCCCC42C)c2ccccc21. The smallest absolute Gasteiger partial charge is 0.252 e. The molecule has 0 N–H and O–H groups in total. The third-order valence-corrected chi connectivity index (χ3v) is 16.7. The molecule has 0 radical (unpaired) electrons. The van der Waals surface area contributed by atoms with Crippen molar-refractivity contribution in [2.45, 2.75) is 120 Å².